The van der Waals surface area contributed by atoms with E-state index in [4.69, 9.17) is 4.74 Å². The van der Waals surface area contributed by atoms with E-state index < -0.39 is 0 Å². The third-order valence-electron chi connectivity index (χ3n) is 4.29. The number of rotatable bonds is 15. The SMILES string of the molecule is CCC[C@@H](C)/C(=C\C=C\COC)CN(C)CCCC/C(C)=N/NN(C)C. The van der Waals surface area contributed by atoms with Crippen LogP contribution in [0.25, 0.3) is 0 Å². The minimum Gasteiger partial charge on any atom is -0.381 e. The quantitative estimate of drug-likeness (QED) is 0.205. The van der Waals surface area contributed by atoms with Gasteiger partial charge in [-0.2, -0.15) is 5.10 Å². The maximum Gasteiger partial charge on any atom is 0.0646 e. The molecular formula is C21H42N4O. The number of hydrazine groups is 1. The Kier molecular flexibility index (Phi) is 15.3. The van der Waals surface area contributed by atoms with Gasteiger partial charge in [-0.15, -0.1) is 0 Å². The fourth-order valence-corrected chi connectivity index (χ4v) is 2.73. The van der Waals surface area contributed by atoms with Crippen LogP contribution >= 0.6 is 0 Å². The van der Waals surface area contributed by atoms with Crippen molar-refractivity contribution in [3.63, 3.8) is 0 Å². The van der Waals surface area contributed by atoms with Gasteiger partial charge in [-0.3, -0.25) is 0 Å². The molecule has 0 aromatic heterocycles. The van der Waals surface area contributed by atoms with Crippen LogP contribution in [-0.4, -0.2) is 63.6 Å². The molecule has 0 spiro atoms. The second-order valence-corrected chi connectivity index (χ2v) is 7.35. The summed E-state index contributed by atoms with van der Waals surface area (Å²) in [4.78, 5) is 2.44. The van der Waals surface area contributed by atoms with Crippen LogP contribution in [-0.2, 0) is 4.74 Å². The highest BCUT2D eigenvalue weighted by Gasteiger charge is 2.10. The smallest absolute Gasteiger partial charge is 0.0646 e. The van der Waals surface area contributed by atoms with Crippen molar-refractivity contribution in [2.24, 2.45) is 11.0 Å². The number of hydrazone groups is 1. The van der Waals surface area contributed by atoms with E-state index in [-0.39, 0.29) is 0 Å². The summed E-state index contributed by atoms with van der Waals surface area (Å²) in [5.74, 6) is 0.626. The number of methoxy groups -OCH3 is 1. The van der Waals surface area contributed by atoms with Crippen molar-refractivity contribution in [3.8, 4) is 0 Å². The highest BCUT2D eigenvalue weighted by molar-refractivity contribution is 5.81. The summed E-state index contributed by atoms with van der Waals surface area (Å²) < 4.78 is 5.08. The Balaban J connectivity index is 4.34. The zero-order chi connectivity index (χ0) is 19.8. The molecular weight excluding hydrogens is 324 g/mol. The Hall–Kier alpha value is -1.17. The summed E-state index contributed by atoms with van der Waals surface area (Å²) in [5.41, 5.74) is 5.63. The second kappa shape index (κ2) is 16.0. The van der Waals surface area contributed by atoms with Gasteiger partial charge in [0.2, 0.25) is 0 Å². The van der Waals surface area contributed by atoms with E-state index >= 15 is 0 Å². The largest absolute Gasteiger partial charge is 0.381 e. The summed E-state index contributed by atoms with van der Waals surface area (Å²) in [6, 6.07) is 0. The molecule has 0 bridgehead atoms. The first-order valence-corrected chi connectivity index (χ1v) is 9.89. The summed E-state index contributed by atoms with van der Waals surface area (Å²) in [6.45, 7) is 9.50. The second-order valence-electron chi connectivity index (χ2n) is 7.35. The van der Waals surface area contributed by atoms with Gasteiger partial charge in [0.05, 0.1) is 6.61 Å². The lowest BCUT2D eigenvalue weighted by Gasteiger charge is -2.22. The van der Waals surface area contributed by atoms with Gasteiger partial charge in [-0.05, 0) is 52.1 Å². The minimum atomic E-state index is 0.626. The summed E-state index contributed by atoms with van der Waals surface area (Å²) in [7, 11) is 7.84. The van der Waals surface area contributed by atoms with Crippen LogP contribution in [0.2, 0.25) is 0 Å². The first-order chi connectivity index (χ1) is 12.4. The fraction of sp³-hybridized carbons (Fsp3) is 0.762. The predicted octanol–water partition coefficient (Wildman–Crippen LogP) is 4.10. The number of unbranched alkanes of at least 4 members (excludes halogenated alkanes) is 1. The molecule has 0 aromatic carbocycles. The van der Waals surface area contributed by atoms with E-state index in [0.717, 1.165) is 25.2 Å². The number of ether oxygens (including phenoxy) is 1. The number of nitrogens with zero attached hydrogens (tertiary/aromatic N) is 3. The Labute approximate surface area is 162 Å². The normalized spacial score (nSPS) is 14.7. The first kappa shape index (κ1) is 24.8. The molecule has 0 unspecified atom stereocenters. The molecule has 0 rings (SSSR count). The van der Waals surface area contributed by atoms with Crippen molar-refractivity contribution in [1.29, 1.82) is 0 Å². The van der Waals surface area contributed by atoms with Gasteiger partial charge >= 0.3 is 0 Å². The lowest BCUT2D eigenvalue weighted by atomic mass is 9.95. The van der Waals surface area contributed by atoms with Crippen LogP contribution in [0.15, 0.2) is 28.9 Å². The molecule has 0 aliphatic rings. The van der Waals surface area contributed by atoms with Crippen molar-refractivity contribution >= 4 is 5.71 Å². The molecule has 0 aliphatic heterocycles. The van der Waals surface area contributed by atoms with Gasteiger partial charge in [-0.1, -0.05) is 44.1 Å². The molecule has 5 nitrogen and oxygen atoms in total. The summed E-state index contributed by atoms with van der Waals surface area (Å²) in [6.07, 6.45) is 12.4. The summed E-state index contributed by atoms with van der Waals surface area (Å²) >= 11 is 0. The van der Waals surface area contributed by atoms with Crippen molar-refractivity contribution in [2.75, 3.05) is 47.9 Å². The lowest BCUT2D eigenvalue weighted by molar-refractivity contribution is 0.234. The standard InChI is InChI=1S/C21H42N4O/c1-8-13-19(2)21(15-10-12-17-26-7)18-25(6)16-11-9-14-20(3)22-23-24(4)5/h10,12,15,19,23H,8-9,11,13-14,16-18H2,1-7H3/b12-10+,21-15-,22-20+/t19-/m1/s1. The van der Waals surface area contributed by atoms with Gasteiger partial charge in [0, 0.05) is 33.5 Å². The molecule has 0 aromatic rings. The molecule has 5 heteroatoms. The van der Waals surface area contributed by atoms with Gasteiger partial charge in [0.15, 0.2) is 0 Å². The Morgan fingerprint density at radius 2 is 1.96 bits per heavy atom. The van der Waals surface area contributed by atoms with Gasteiger partial charge < -0.3 is 9.64 Å². The molecule has 0 fully saturated rings. The van der Waals surface area contributed by atoms with E-state index in [1.165, 1.54) is 31.3 Å². The molecule has 0 aliphatic carbocycles. The van der Waals surface area contributed by atoms with E-state index in [1.807, 2.05) is 19.1 Å². The third kappa shape index (κ3) is 14.0. The van der Waals surface area contributed by atoms with Crippen LogP contribution in [0.1, 0.15) is 52.9 Å². The fourth-order valence-electron chi connectivity index (χ4n) is 2.73. The van der Waals surface area contributed by atoms with Crippen molar-refractivity contribution in [2.45, 2.75) is 52.9 Å². The number of hydrogen-bond donors (Lipinski definition) is 1. The van der Waals surface area contributed by atoms with Gasteiger partial charge in [-0.25, -0.2) is 10.5 Å². The number of allylic oxidation sites excluding steroid dienone is 2. The average molecular weight is 367 g/mol. The van der Waals surface area contributed by atoms with Crippen LogP contribution < -0.4 is 5.53 Å². The third-order valence-corrected chi connectivity index (χ3v) is 4.29. The van der Waals surface area contributed by atoms with E-state index in [1.54, 1.807) is 7.11 Å². The highest BCUT2D eigenvalue weighted by Crippen LogP contribution is 2.18. The number of hydrogen-bond acceptors (Lipinski definition) is 5. The van der Waals surface area contributed by atoms with Crippen LogP contribution in [0.5, 0.6) is 0 Å². The van der Waals surface area contributed by atoms with E-state index in [2.05, 4.69) is 61.6 Å². The molecule has 0 amide bonds. The minimum absolute atomic E-state index is 0.626. The molecule has 152 valence electrons. The summed E-state index contributed by atoms with van der Waals surface area (Å²) in [5, 5.41) is 6.18. The zero-order valence-corrected chi connectivity index (χ0v) is 18.2. The Bertz CT molecular complexity index is 430. The number of nitrogens with one attached hydrogen (secondary N) is 1. The van der Waals surface area contributed by atoms with Crippen LogP contribution in [0.3, 0.4) is 0 Å². The van der Waals surface area contributed by atoms with Gasteiger partial charge in [0.25, 0.3) is 0 Å². The molecule has 1 atom stereocenters. The molecule has 26 heavy (non-hydrogen) atoms. The van der Waals surface area contributed by atoms with E-state index in [0.29, 0.717) is 12.5 Å². The molecule has 0 saturated carbocycles. The monoisotopic (exact) mass is 366 g/mol. The first-order valence-electron chi connectivity index (χ1n) is 9.89. The number of likely N-dealkylation sites (N-methyl/N-ethyl adjacent to an activating group) is 1. The Morgan fingerprint density at radius 1 is 1.23 bits per heavy atom. The predicted molar refractivity (Wildman–Crippen MR) is 114 cm³/mol. The van der Waals surface area contributed by atoms with Crippen molar-refractivity contribution in [3.05, 3.63) is 23.8 Å². The topological polar surface area (TPSA) is 40.1 Å². The maximum absolute atomic E-state index is 5.08. The molecule has 0 radical (unpaired) electrons. The van der Waals surface area contributed by atoms with E-state index in [9.17, 15) is 0 Å². The van der Waals surface area contributed by atoms with Gasteiger partial charge in [0.1, 0.15) is 0 Å². The average Bonchev–Trinajstić information content (AvgIpc) is 2.59. The van der Waals surface area contributed by atoms with Crippen LogP contribution in [0, 0.1) is 5.92 Å². The molecule has 1 N–H and O–H groups in total. The zero-order valence-electron chi connectivity index (χ0n) is 18.2. The molecule has 0 heterocycles. The Morgan fingerprint density at radius 3 is 2.58 bits per heavy atom. The highest BCUT2D eigenvalue weighted by atomic mass is 16.5. The lowest BCUT2D eigenvalue weighted by Crippen LogP contribution is -2.26. The van der Waals surface area contributed by atoms with Crippen LogP contribution in [0.4, 0.5) is 0 Å². The van der Waals surface area contributed by atoms with Crippen molar-refractivity contribution < 1.29 is 4.74 Å². The maximum atomic E-state index is 5.08. The molecule has 0 saturated heterocycles. The van der Waals surface area contributed by atoms with Crippen molar-refractivity contribution in [1.82, 2.24) is 15.4 Å².